The third-order valence-corrected chi connectivity index (χ3v) is 4.79. The van der Waals surface area contributed by atoms with Gasteiger partial charge in [0.15, 0.2) is 0 Å². The second kappa shape index (κ2) is 6.72. The second-order valence-corrected chi connectivity index (χ2v) is 6.63. The molecule has 1 saturated carbocycles. The number of carbonyl (C=O) groups excluding carboxylic acids is 1. The number of benzene rings is 1. The third-order valence-electron chi connectivity index (χ3n) is 4.26. The zero-order valence-corrected chi connectivity index (χ0v) is 13.5. The summed E-state index contributed by atoms with van der Waals surface area (Å²) >= 11 is 3.38. The highest BCUT2D eigenvalue weighted by atomic mass is 79.9. The van der Waals surface area contributed by atoms with Crippen molar-refractivity contribution in [2.75, 3.05) is 0 Å². The summed E-state index contributed by atoms with van der Waals surface area (Å²) in [5.41, 5.74) is 6.43. The lowest BCUT2D eigenvalue weighted by Crippen LogP contribution is -2.51. The summed E-state index contributed by atoms with van der Waals surface area (Å²) in [6.45, 7) is 2.49. The Kier molecular flexibility index (Phi) is 5.22. The Labute approximate surface area is 129 Å². The van der Waals surface area contributed by atoms with Crippen LogP contribution in [0.25, 0.3) is 0 Å². The largest absolute Gasteiger partial charge is 0.459 e. The molecule has 2 N–H and O–H groups in total. The lowest BCUT2D eigenvalue weighted by atomic mass is 9.76. The van der Waals surface area contributed by atoms with Crippen molar-refractivity contribution in [3.8, 4) is 0 Å². The van der Waals surface area contributed by atoms with Gasteiger partial charge in [-0.3, -0.25) is 4.79 Å². The minimum absolute atomic E-state index is 0.255. The average Bonchev–Trinajstić information content (AvgIpc) is 2.47. The number of nitrogens with two attached hydrogens (primary N) is 1. The van der Waals surface area contributed by atoms with E-state index in [2.05, 4.69) is 22.9 Å². The Morgan fingerprint density at radius 1 is 1.35 bits per heavy atom. The lowest BCUT2D eigenvalue weighted by Gasteiger charge is -2.34. The van der Waals surface area contributed by atoms with E-state index in [0.29, 0.717) is 12.5 Å². The molecule has 1 aromatic carbocycles. The van der Waals surface area contributed by atoms with Crippen LogP contribution >= 0.6 is 15.9 Å². The molecule has 0 spiro atoms. The Hall–Kier alpha value is -0.870. The van der Waals surface area contributed by atoms with Gasteiger partial charge in [0.05, 0.1) is 0 Å². The Bertz CT molecular complexity index is 450. The first-order valence-corrected chi connectivity index (χ1v) is 8.03. The van der Waals surface area contributed by atoms with Gasteiger partial charge >= 0.3 is 5.97 Å². The van der Waals surface area contributed by atoms with E-state index in [1.54, 1.807) is 0 Å². The fourth-order valence-corrected chi connectivity index (χ4v) is 2.94. The molecule has 0 unspecified atom stereocenters. The highest BCUT2D eigenvalue weighted by Crippen LogP contribution is 2.33. The molecule has 1 aromatic rings. The normalized spacial score (nSPS) is 26.2. The number of hydrogen-bond donors (Lipinski definition) is 1. The molecule has 0 aliphatic heterocycles. The Balaban J connectivity index is 1.87. The summed E-state index contributed by atoms with van der Waals surface area (Å²) in [5, 5.41) is 0. The van der Waals surface area contributed by atoms with Gasteiger partial charge in [0, 0.05) is 4.47 Å². The molecule has 1 fully saturated rings. The van der Waals surface area contributed by atoms with Crippen LogP contribution in [0, 0.1) is 5.92 Å². The number of carbonyl (C=O) groups is 1. The van der Waals surface area contributed by atoms with Gasteiger partial charge in [-0.25, -0.2) is 0 Å². The molecule has 3 nitrogen and oxygen atoms in total. The first-order chi connectivity index (χ1) is 9.53. The second-order valence-electron chi connectivity index (χ2n) is 5.71. The van der Waals surface area contributed by atoms with E-state index in [-0.39, 0.29) is 5.97 Å². The Morgan fingerprint density at radius 2 is 1.95 bits per heavy atom. The monoisotopic (exact) mass is 339 g/mol. The molecular formula is C16H22BrNO2. The fourth-order valence-electron chi connectivity index (χ4n) is 2.68. The maximum absolute atomic E-state index is 12.2. The van der Waals surface area contributed by atoms with Crippen molar-refractivity contribution < 1.29 is 9.53 Å². The van der Waals surface area contributed by atoms with E-state index >= 15 is 0 Å². The van der Waals surface area contributed by atoms with Gasteiger partial charge in [0.2, 0.25) is 0 Å². The minimum Gasteiger partial charge on any atom is -0.459 e. The average molecular weight is 340 g/mol. The molecular weight excluding hydrogens is 318 g/mol. The summed E-state index contributed by atoms with van der Waals surface area (Å²) in [6.07, 6.45) is 4.71. The van der Waals surface area contributed by atoms with Gasteiger partial charge in [0.25, 0.3) is 0 Å². The topological polar surface area (TPSA) is 52.3 Å². The molecule has 110 valence electrons. The summed E-state index contributed by atoms with van der Waals surface area (Å²) < 4.78 is 6.41. The van der Waals surface area contributed by atoms with E-state index < -0.39 is 5.54 Å². The first kappa shape index (κ1) is 15.5. The van der Waals surface area contributed by atoms with Gasteiger partial charge in [0.1, 0.15) is 12.1 Å². The van der Waals surface area contributed by atoms with E-state index in [1.807, 2.05) is 24.3 Å². The third kappa shape index (κ3) is 3.83. The molecule has 0 atom stereocenters. The maximum Gasteiger partial charge on any atom is 0.326 e. The van der Waals surface area contributed by atoms with Crippen molar-refractivity contribution in [3.63, 3.8) is 0 Å². The molecule has 0 saturated heterocycles. The molecule has 0 radical (unpaired) electrons. The van der Waals surface area contributed by atoms with Crippen molar-refractivity contribution in [1.29, 1.82) is 0 Å². The molecule has 0 bridgehead atoms. The van der Waals surface area contributed by atoms with Crippen LogP contribution in [-0.4, -0.2) is 11.5 Å². The van der Waals surface area contributed by atoms with Crippen LogP contribution in [0.1, 0.15) is 44.6 Å². The first-order valence-electron chi connectivity index (χ1n) is 7.24. The fraction of sp³-hybridized carbons (Fsp3) is 0.562. The molecule has 0 amide bonds. The Morgan fingerprint density at radius 3 is 2.50 bits per heavy atom. The van der Waals surface area contributed by atoms with Crippen molar-refractivity contribution in [1.82, 2.24) is 0 Å². The predicted octanol–water partition coefficient (Wildman–Crippen LogP) is 3.79. The predicted molar refractivity (Wildman–Crippen MR) is 83.1 cm³/mol. The quantitative estimate of drug-likeness (QED) is 0.849. The summed E-state index contributed by atoms with van der Waals surface area (Å²) in [5.74, 6) is 0.459. The van der Waals surface area contributed by atoms with Crippen LogP contribution in [-0.2, 0) is 16.1 Å². The lowest BCUT2D eigenvalue weighted by molar-refractivity contribution is -0.153. The van der Waals surface area contributed by atoms with Crippen LogP contribution in [0.15, 0.2) is 28.7 Å². The summed E-state index contributed by atoms with van der Waals surface area (Å²) in [6, 6.07) is 7.75. The van der Waals surface area contributed by atoms with Gasteiger partial charge < -0.3 is 10.5 Å². The smallest absolute Gasteiger partial charge is 0.326 e. The number of ether oxygens (including phenoxy) is 1. The maximum atomic E-state index is 12.2. The van der Waals surface area contributed by atoms with Crippen LogP contribution in [0.2, 0.25) is 0 Å². The summed E-state index contributed by atoms with van der Waals surface area (Å²) in [7, 11) is 0. The number of rotatable bonds is 4. The van der Waals surface area contributed by atoms with E-state index in [9.17, 15) is 4.79 Å². The standard InChI is InChI=1S/C16H22BrNO2/c1-2-12-7-9-16(18,10-8-12)15(19)20-11-13-3-5-14(17)6-4-13/h3-6,12H,2,7-11,18H2,1H3. The van der Waals surface area contributed by atoms with Gasteiger partial charge in [-0.1, -0.05) is 41.4 Å². The van der Waals surface area contributed by atoms with Gasteiger partial charge in [-0.15, -0.1) is 0 Å². The molecule has 0 aromatic heterocycles. The van der Waals surface area contributed by atoms with Crippen molar-refractivity contribution in [2.24, 2.45) is 11.7 Å². The highest BCUT2D eigenvalue weighted by molar-refractivity contribution is 9.10. The van der Waals surface area contributed by atoms with Crippen LogP contribution in [0.5, 0.6) is 0 Å². The summed E-state index contributed by atoms with van der Waals surface area (Å²) in [4.78, 5) is 12.2. The van der Waals surface area contributed by atoms with Crippen LogP contribution in [0.3, 0.4) is 0 Å². The van der Waals surface area contributed by atoms with Crippen LogP contribution in [0.4, 0.5) is 0 Å². The molecule has 4 heteroatoms. The van der Waals surface area contributed by atoms with E-state index in [0.717, 1.165) is 35.7 Å². The van der Waals surface area contributed by atoms with E-state index in [1.165, 1.54) is 6.42 Å². The number of halogens is 1. The van der Waals surface area contributed by atoms with Crippen LogP contribution < -0.4 is 5.73 Å². The van der Waals surface area contributed by atoms with Gasteiger partial charge in [-0.2, -0.15) is 0 Å². The highest BCUT2D eigenvalue weighted by Gasteiger charge is 2.39. The number of hydrogen-bond acceptors (Lipinski definition) is 3. The molecule has 2 rings (SSSR count). The zero-order chi connectivity index (χ0) is 14.6. The van der Waals surface area contributed by atoms with Crippen molar-refractivity contribution in [2.45, 2.75) is 51.2 Å². The molecule has 1 aliphatic rings. The molecule has 1 aliphatic carbocycles. The van der Waals surface area contributed by atoms with E-state index in [4.69, 9.17) is 10.5 Å². The molecule has 0 heterocycles. The van der Waals surface area contributed by atoms with Crippen molar-refractivity contribution >= 4 is 21.9 Å². The minimum atomic E-state index is -0.777. The SMILES string of the molecule is CCC1CCC(N)(C(=O)OCc2ccc(Br)cc2)CC1. The molecule has 20 heavy (non-hydrogen) atoms. The number of esters is 1. The van der Waals surface area contributed by atoms with Gasteiger partial charge in [-0.05, 0) is 49.3 Å². The van der Waals surface area contributed by atoms with Crippen molar-refractivity contribution in [3.05, 3.63) is 34.3 Å². The zero-order valence-electron chi connectivity index (χ0n) is 11.9.